The van der Waals surface area contributed by atoms with Gasteiger partial charge in [0.2, 0.25) is 0 Å². The van der Waals surface area contributed by atoms with Crippen LogP contribution in [0, 0.1) is 0 Å². The largest absolute Gasteiger partial charge is 0.479 e. The summed E-state index contributed by atoms with van der Waals surface area (Å²) in [6.45, 7) is 4.43. The highest BCUT2D eigenvalue weighted by Gasteiger charge is 1.97. The molecular formula is C12H15NOS. The van der Waals surface area contributed by atoms with Crippen molar-refractivity contribution in [1.29, 1.82) is 0 Å². The van der Waals surface area contributed by atoms with Crippen LogP contribution < -0.4 is 5.32 Å². The molecule has 2 nitrogen and oxygen atoms in total. The van der Waals surface area contributed by atoms with E-state index in [0.717, 1.165) is 10.6 Å². The molecule has 0 atom stereocenters. The number of allylic oxidation sites excluding steroid dienone is 1. The number of rotatable bonds is 5. The summed E-state index contributed by atoms with van der Waals surface area (Å²) in [5.41, 5.74) is 0.994. The minimum absolute atomic E-state index is 0.619. The molecule has 0 unspecified atom stereocenters. The van der Waals surface area contributed by atoms with E-state index in [1.54, 1.807) is 0 Å². The van der Waals surface area contributed by atoms with Crippen LogP contribution >= 0.6 is 12.2 Å². The van der Waals surface area contributed by atoms with E-state index >= 15 is 0 Å². The highest BCUT2D eigenvalue weighted by molar-refractivity contribution is 7.80. The van der Waals surface area contributed by atoms with Crippen molar-refractivity contribution in [3.05, 3.63) is 42.3 Å². The average molecular weight is 221 g/mol. The maximum Gasteiger partial charge on any atom is 0.192 e. The molecule has 0 radical (unpaired) electrons. The average Bonchev–Trinajstić information content (AvgIpc) is 2.18. The van der Waals surface area contributed by atoms with Gasteiger partial charge in [0.05, 0.1) is 6.61 Å². The second-order valence-electron chi connectivity index (χ2n) is 3.04. The van der Waals surface area contributed by atoms with Crippen molar-refractivity contribution in [2.75, 3.05) is 11.9 Å². The Morgan fingerprint density at radius 2 is 2.07 bits per heavy atom. The zero-order valence-electron chi connectivity index (χ0n) is 8.99. The topological polar surface area (TPSA) is 21.3 Å². The molecule has 1 aromatic rings. The maximum atomic E-state index is 5.42. The number of ether oxygens (including phenoxy) is 1. The Morgan fingerprint density at radius 3 is 2.60 bits per heavy atom. The molecule has 15 heavy (non-hydrogen) atoms. The fraction of sp³-hybridized carbons (Fsp3) is 0.250. The highest BCUT2D eigenvalue weighted by Crippen LogP contribution is 2.09. The van der Waals surface area contributed by atoms with Crippen LogP contribution in [0.3, 0.4) is 0 Å². The zero-order chi connectivity index (χ0) is 11.1. The third kappa shape index (κ3) is 4.61. The van der Waals surface area contributed by atoms with Gasteiger partial charge in [-0.1, -0.05) is 30.4 Å². The van der Waals surface area contributed by atoms with Crippen molar-refractivity contribution in [2.45, 2.75) is 13.8 Å². The van der Waals surface area contributed by atoms with Crippen LogP contribution in [0.15, 0.2) is 42.3 Å². The molecule has 1 rings (SSSR count). The first-order valence-electron chi connectivity index (χ1n) is 4.89. The van der Waals surface area contributed by atoms with Crippen molar-refractivity contribution in [3.8, 4) is 0 Å². The molecule has 0 amide bonds. The summed E-state index contributed by atoms with van der Waals surface area (Å²) in [5.74, 6) is 0.691. The van der Waals surface area contributed by atoms with Crippen molar-refractivity contribution in [2.24, 2.45) is 0 Å². The predicted molar refractivity (Wildman–Crippen MR) is 68.0 cm³/mol. The van der Waals surface area contributed by atoms with Crippen LogP contribution in [-0.2, 0) is 4.74 Å². The summed E-state index contributed by atoms with van der Waals surface area (Å²) < 4.78 is 5.42. The maximum absolute atomic E-state index is 5.42. The van der Waals surface area contributed by atoms with Crippen LogP contribution in [0.1, 0.15) is 13.8 Å². The third-order valence-electron chi connectivity index (χ3n) is 1.68. The van der Waals surface area contributed by atoms with Crippen molar-refractivity contribution in [1.82, 2.24) is 0 Å². The Hall–Kier alpha value is -1.35. The van der Waals surface area contributed by atoms with Crippen LogP contribution in [0.25, 0.3) is 0 Å². The lowest BCUT2D eigenvalue weighted by Crippen LogP contribution is -2.05. The first-order chi connectivity index (χ1) is 7.22. The van der Waals surface area contributed by atoms with Crippen LogP contribution in [-0.4, -0.2) is 11.5 Å². The molecule has 0 aromatic heterocycles. The molecular weight excluding hydrogens is 206 g/mol. The first kappa shape index (κ1) is 11.7. The number of para-hydroxylation sites is 1. The van der Waals surface area contributed by atoms with Gasteiger partial charge in [-0.25, -0.2) is 0 Å². The van der Waals surface area contributed by atoms with E-state index < -0.39 is 0 Å². The normalized spacial score (nSPS) is 10.9. The minimum Gasteiger partial charge on any atom is -0.479 e. The van der Waals surface area contributed by atoms with E-state index in [2.05, 4.69) is 5.32 Å². The quantitative estimate of drug-likeness (QED) is 0.468. The monoisotopic (exact) mass is 221 g/mol. The van der Waals surface area contributed by atoms with Crippen LogP contribution in [0.4, 0.5) is 5.69 Å². The molecule has 1 aromatic carbocycles. The molecule has 3 heteroatoms. The zero-order valence-corrected chi connectivity index (χ0v) is 9.80. The van der Waals surface area contributed by atoms with E-state index in [4.69, 9.17) is 17.0 Å². The van der Waals surface area contributed by atoms with Crippen LogP contribution in [0.5, 0.6) is 0 Å². The lowest BCUT2D eigenvalue weighted by atomic mass is 10.3. The van der Waals surface area contributed by atoms with E-state index in [0.29, 0.717) is 12.5 Å². The second kappa shape index (κ2) is 6.19. The summed E-state index contributed by atoms with van der Waals surface area (Å²) in [7, 11) is 0. The molecule has 0 spiro atoms. The number of hydrogen-bond acceptors (Lipinski definition) is 3. The molecule has 80 valence electrons. The summed E-state index contributed by atoms with van der Waals surface area (Å²) in [4.78, 5) is 0.793. The summed E-state index contributed by atoms with van der Waals surface area (Å²) in [5, 5.41) is 3.16. The molecule has 0 heterocycles. The fourth-order valence-corrected chi connectivity index (χ4v) is 1.22. The third-order valence-corrected chi connectivity index (χ3v) is 1.79. The molecule has 0 bridgehead atoms. The molecule has 0 saturated carbocycles. The first-order valence-corrected chi connectivity index (χ1v) is 5.30. The van der Waals surface area contributed by atoms with Gasteiger partial charge in [0, 0.05) is 16.6 Å². The van der Waals surface area contributed by atoms with Crippen molar-refractivity contribution >= 4 is 22.8 Å². The number of anilines is 1. The van der Waals surface area contributed by atoms with E-state index in [9.17, 15) is 0 Å². The van der Waals surface area contributed by atoms with Gasteiger partial charge in [-0.3, -0.25) is 0 Å². The predicted octanol–water partition coefficient (Wildman–Crippen LogP) is 3.37. The van der Waals surface area contributed by atoms with Gasteiger partial charge in [0.25, 0.3) is 0 Å². The van der Waals surface area contributed by atoms with Crippen molar-refractivity contribution in [3.63, 3.8) is 0 Å². The molecule has 0 fully saturated rings. The number of hydrogen-bond donors (Lipinski definition) is 1. The molecule has 0 aliphatic carbocycles. The second-order valence-corrected chi connectivity index (χ2v) is 3.69. The Balaban J connectivity index is 2.71. The summed E-state index contributed by atoms with van der Waals surface area (Å²) in [6, 6.07) is 9.86. The number of benzene rings is 1. The van der Waals surface area contributed by atoms with E-state index in [1.165, 1.54) is 0 Å². The Morgan fingerprint density at radius 1 is 1.40 bits per heavy atom. The van der Waals surface area contributed by atoms with Gasteiger partial charge in [0.1, 0.15) is 0 Å². The van der Waals surface area contributed by atoms with Gasteiger partial charge in [-0.2, -0.15) is 0 Å². The number of nitrogens with one attached hydrogen (secondary N) is 1. The SMILES string of the molecule is CCO/C(=C/C(C)=S)Nc1ccccc1. The van der Waals surface area contributed by atoms with Gasteiger partial charge in [-0.15, -0.1) is 0 Å². The van der Waals surface area contributed by atoms with Gasteiger partial charge >= 0.3 is 0 Å². The lowest BCUT2D eigenvalue weighted by Gasteiger charge is -2.11. The van der Waals surface area contributed by atoms with Crippen molar-refractivity contribution < 1.29 is 4.74 Å². The molecule has 0 aliphatic rings. The Kier molecular flexibility index (Phi) is 4.84. The minimum atomic E-state index is 0.619. The standard InChI is InChI=1S/C12H15NOS/c1-3-14-12(9-10(2)15)13-11-7-5-4-6-8-11/h4-9,13H,3H2,1-2H3/b12-9+. The Labute approximate surface area is 96.0 Å². The smallest absolute Gasteiger partial charge is 0.192 e. The van der Waals surface area contributed by atoms with Gasteiger partial charge in [0.15, 0.2) is 5.88 Å². The van der Waals surface area contributed by atoms with E-state index in [1.807, 2.05) is 50.3 Å². The van der Waals surface area contributed by atoms with E-state index in [-0.39, 0.29) is 0 Å². The highest BCUT2D eigenvalue weighted by atomic mass is 32.1. The molecule has 1 N–H and O–H groups in total. The summed E-state index contributed by atoms with van der Waals surface area (Å²) >= 11 is 5.01. The summed E-state index contributed by atoms with van der Waals surface area (Å²) in [6.07, 6.45) is 1.81. The van der Waals surface area contributed by atoms with Crippen LogP contribution in [0.2, 0.25) is 0 Å². The van der Waals surface area contributed by atoms with Gasteiger partial charge in [-0.05, 0) is 26.0 Å². The molecule has 0 saturated heterocycles. The fourth-order valence-electron chi connectivity index (χ4n) is 1.12. The van der Waals surface area contributed by atoms with Gasteiger partial charge < -0.3 is 10.1 Å². The molecule has 0 aliphatic heterocycles. The number of thiocarbonyl (C=S) groups is 1. The lowest BCUT2D eigenvalue weighted by molar-refractivity contribution is 0.235. The Bertz CT molecular complexity index is 346.